The fourth-order valence-corrected chi connectivity index (χ4v) is 6.44. The van der Waals surface area contributed by atoms with Gasteiger partial charge in [0.1, 0.15) is 48.5 Å². The van der Waals surface area contributed by atoms with Gasteiger partial charge in [0.2, 0.25) is 41.4 Å². The molecule has 362 valence electrons. The van der Waals surface area contributed by atoms with E-state index in [4.69, 9.17) is 22.3 Å². The highest BCUT2D eigenvalue weighted by Gasteiger charge is 2.35. The molecular formula is C44H59N11O12. The Kier molecular flexibility index (Phi) is 22.2. The van der Waals surface area contributed by atoms with E-state index in [1.807, 2.05) is 0 Å². The Labute approximate surface area is 385 Å². The number of hydrogen-bond acceptors (Lipinski definition) is 13. The monoisotopic (exact) mass is 933 g/mol. The first-order valence-electron chi connectivity index (χ1n) is 21.1. The van der Waals surface area contributed by atoms with Crippen LogP contribution in [0.15, 0.2) is 89.9 Å². The molecule has 0 aliphatic carbocycles. The Bertz CT molecular complexity index is 2160. The van der Waals surface area contributed by atoms with Gasteiger partial charge in [-0.15, -0.1) is 0 Å². The van der Waals surface area contributed by atoms with Crippen molar-refractivity contribution in [2.24, 2.45) is 22.2 Å². The first kappa shape index (κ1) is 53.7. The number of benzene rings is 3. The normalized spacial score (nSPS) is 13.9. The van der Waals surface area contributed by atoms with Crippen molar-refractivity contribution in [1.29, 1.82) is 0 Å². The summed E-state index contributed by atoms with van der Waals surface area (Å²) < 4.78 is 0. The number of nitrogens with two attached hydrogens (primary N) is 3. The van der Waals surface area contributed by atoms with Gasteiger partial charge in [0.15, 0.2) is 5.96 Å². The fourth-order valence-electron chi connectivity index (χ4n) is 6.44. The van der Waals surface area contributed by atoms with E-state index in [0.717, 1.165) is 0 Å². The summed E-state index contributed by atoms with van der Waals surface area (Å²) in [6, 6.07) is 13.6. The summed E-state index contributed by atoms with van der Waals surface area (Å²) >= 11 is 0. The van der Waals surface area contributed by atoms with Gasteiger partial charge in [0.25, 0.3) is 0 Å². The van der Waals surface area contributed by atoms with Crippen LogP contribution < -0.4 is 54.4 Å². The van der Waals surface area contributed by atoms with Crippen LogP contribution >= 0.6 is 0 Å². The molecule has 0 spiro atoms. The lowest BCUT2D eigenvalue weighted by Crippen LogP contribution is -2.62. The molecule has 0 aromatic heterocycles. The minimum atomic E-state index is -1.75. The highest BCUT2D eigenvalue weighted by atomic mass is 16.4. The minimum absolute atomic E-state index is 0.00247. The molecule has 0 aliphatic heterocycles. The van der Waals surface area contributed by atoms with Crippen LogP contribution in [-0.4, -0.2) is 142 Å². The maximum absolute atomic E-state index is 14.0. The molecule has 7 amide bonds. The maximum atomic E-state index is 14.0. The standard InChI is InChI=1S/C44H59N11O12/c1-25(57)37(55-41(65)32(50-35(59)22-45)19-26-9-4-2-5-10-26)43(67)53-33(20-27-11-6-3-7-12-27)40(64)54-34(24-56)42(66)51-30(13-8-18-48-44(46)47)39(63)52-31(38(62)49-23-36(60)61)21-28-14-16-29(58)17-15-28/h2-7,9-12,14-17,25,30-34,37,56-58H,8,13,18-24,45H2,1H3,(H,49,62)(H,50,59)(H,51,66)(H,52,63)(H,53,67)(H,54,64)(H,55,65)(H,60,61)(H4,46,47,48)/t25-,30+,31+,32+,33+,34+,37+/m1/s1. The molecule has 7 atom stereocenters. The van der Waals surface area contributed by atoms with E-state index >= 15 is 0 Å². The van der Waals surface area contributed by atoms with E-state index in [1.165, 1.54) is 31.2 Å². The van der Waals surface area contributed by atoms with Crippen molar-refractivity contribution in [1.82, 2.24) is 37.2 Å². The summed E-state index contributed by atoms with van der Waals surface area (Å²) in [5, 5.41) is 56.9. The van der Waals surface area contributed by atoms with Gasteiger partial charge < -0.3 is 74.8 Å². The molecule has 0 radical (unpaired) electrons. The van der Waals surface area contributed by atoms with Gasteiger partial charge in [-0.05, 0) is 48.6 Å². The lowest BCUT2D eigenvalue weighted by Gasteiger charge is -2.28. The summed E-state index contributed by atoms with van der Waals surface area (Å²) in [6.45, 7) is -1.01. The topological polar surface area (TPSA) is 392 Å². The zero-order valence-corrected chi connectivity index (χ0v) is 36.7. The van der Waals surface area contributed by atoms with Crippen LogP contribution in [0.3, 0.4) is 0 Å². The molecule has 0 fully saturated rings. The van der Waals surface area contributed by atoms with Gasteiger partial charge in [-0.2, -0.15) is 0 Å². The number of nitrogens with one attached hydrogen (secondary N) is 7. The number of aliphatic carboxylic acids is 1. The minimum Gasteiger partial charge on any atom is -0.508 e. The van der Waals surface area contributed by atoms with Gasteiger partial charge in [-0.3, -0.25) is 43.3 Å². The third-order valence-corrected chi connectivity index (χ3v) is 9.91. The maximum Gasteiger partial charge on any atom is 0.322 e. The van der Waals surface area contributed by atoms with Crippen LogP contribution in [0.2, 0.25) is 0 Å². The number of carbonyl (C=O) groups is 8. The number of aromatic hydroxyl groups is 1. The number of carboxylic acids is 1. The van der Waals surface area contributed by atoms with Crippen LogP contribution in [0, 0.1) is 0 Å². The average Bonchev–Trinajstić information content (AvgIpc) is 3.30. The molecule has 0 bridgehead atoms. The van der Waals surface area contributed by atoms with Crippen LogP contribution in [0.5, 0.6) is 5.75 Å². The largest absolute Gasteiger partial charge is 0.508 e. The van der Waals surface area contributed by atoms with E-state index in [1.54, 1.807) is 60.7 Å². The lowest BCUT2D eigenvalue weighted by atomic mass is 10.0. The van der Waals surface area contributed by atoms with Crippen molar-refractivity contribution >= 4 is 53.3 Å². The molecule has 3 aromatic rings. The second kappa shape index (κ2) is 27.6. The third-order valence-electron chi connectivity index (χ3n) is 9.91. The molecule has 0 aliphatic rings. The highest BCUT2D eigenvalue weighted by Crippen LogP contribution is 2.13. The molecule has 67 heavy (non-hydrogen) atoms. The highest BCUT2D eigenvalue weighted by molar-refractivity contribution is 5.97. The number of carbonyl (C=O) groups excluding carboxylic acids is 7. The number of nitrogens with zero attached hydrogens (tertiary/aromatic N) is 1. The van der Waals surface area contributed by atoms with Gasteiger partial charge >= 0.3 is 5.97 Å². The zero-order chi connectivity index (χ0) is 49.5. The van der Waals surface area contributed by atoms with E-state index < -0.39 is 109 Å². The number of rotatable bonds is 27. The SMILES string of the molecule is C[C@@H](O)[C@H](NC(=O)[C@H](Cc1ccccc1)NC(=O)CN)C(=O)N[C@@H](Cc1ccccc1)C(=O)N[C@@H](CO)C(=O)N[C@@H](CCCN=C(N)N)C(=O)N[C@@H](Cc1ccc(O)cc1)C(=O)NCC(=O)O. The number of phenols is 1. The fraction of sp³-hybridized carbons (Fsp3) is 0.386. The van der Waals surface area contributed by atoms with E-state index in [9.17, 15) is 53.7 Å². The van der Waals surface area contributed by atoms with Crippen LogP contribution in [0.4, 0.5) is 0 Å². The number of aliphatic hydroxyl groups is 2. The average molecular weight is 934 g/mol. The first-order chi connectivity index (χ1) is 31.9. The van der Waals surface area contributed by atoms with Gasteiger partial charge in [-0.25, -0.2) is 0 Å². The van der Waals surface area contributed by atoms with Crippen molar-refractivity contribution in [2.75, 3.05) is 26.2 Å². The zero-order valence-electron chi connectivity index (χ0n) is 36.7. The second-order valence-electron chi connectivity index (χ2n) is 15.3. The number of phenolic OH excluding ortho intramolecular Hbond substituents is 1. The van der Waals surface area contributed by atoms with Crippen molar-refractivity contribution in [2.45, 2.75) is 81.4 Å². The lowest BCUT2D eigenvalue weighted by molar-refractivity contribution is -0.138. The molecule has 0 heterocycles. The van der Waals surface area contributed by atoms with Gasteiger partial charge in [-0.1, -0.05) is 72.8 Å². The number of carboxylic acid groups (broad SMARTS) is 1. The molecule has 3 rings (SSSR count). The number of aliphatic hydroxyl groups excluding tert-OH is 2. The van der Waals surface area contributed by atoms with Crippen molar-refractivity contribution in [3.05, 3.63) is 102 Å². The van der Waals surface area contributed by atoms with Crippen molar-refractivity contribution in [3.63, 3.8) is 0 Å². The second-order valence-corrected chi connectivity index (χ2v) is 15.3. The third kappa shape index (κ3) is 19.2. The van der Waals surface area contributed by atoms with Crippen LogP contribution in [-0.2, 0) is 57.6 Å². The quantitative estimate of drug-likeness (QED) is 0.0196. The number of hydrogen-bond donors (Lipinski definition) is 14. The van der Waals surface area contributed by atoms with Gasteiger partial charge in [0.05, 0.1) is 19.3 Å². The molecule has 3 aromatic carbocycles. The molecule has 0 saturated heterocycles. The van der Waals surface area contributed by atoms with Gasteiger partial charge in [0, 0.05) is 25.8 Å². The number of guanidine groups is 1. The molecule has 23 heteroatoms. The van der Waals surface area contributed by atoms with Crippen molar-refractivity contribution in [3.8, 4) is 5.75 Å². The van der Waals surface area contributed by atoms with E-state index in [2.05, 4.69) is 42.2 Å². The predicted octanol–water partition coefficient (Wildman–Crippen LogP) is -4.08. The Morgan fingerprint density at radius 1 is 0.597 bits per heavy atom. The van der Waals surface area contributed by atoms with Crippen LogP contribution in [0.25, 0.3) is 0 Å². The summed E-state index contributed by atoms with van der Waals surface area (Å²) in [5.74, 6) is -8.11. The first-order valence-corrected chi connectivity index (χ1v) is 21.1. The van der Waals surface area contributed by atoms with Crippen LogP contribution in [0.1, 0.15) is 36.5 Å². The summed E-state index contributed by atoms with van der Waals surface area (Å²) in [5.41, 5.74) is 18.0. The summed E-state index contributed by atoms with van der Waals surface area (Å²) in [6.07, 6.45) is -1.96. The summed E-state index contributed by atoms with van der Waals surface area (Å²) in [4.78, 5) is 110. The Morgan fingerprint density at radius 2 is 1.04 bits per heavy atom. The predicted molar refractivity (Wildman–Crippen MR) is 242 cm³/mol. The van der Waals surface area contributed by atoms with E-state index in [0.29, 0.717) is 16.7 Å². The Morgan fingerprint density at radius 3 is 1.55 bits per heavy atom. The molecule has 23 nitrogen and oxygen atoms in total. The Hall–Kier alpha value is -7.63. The molecule has 17 N–H and O–H groups in total. The van der Waals surface area contributed by atoms with E-state index in [-0.39, 0.29) is 50.4 Å². The number of amides is 7. The molecular weight excluding hydrogens is 875 g/mol. The molecule has 0 unspecified atom stereocenters. The Balaban J connectivity index is 1.86. The summed E-state index contributed by atoms with van der Waals surface area (Å²) in [7, 11) is 0. The smallest absolute Gasteiger partial charge is 0.322 e. The number of aliphatic imine (C=N–C) groups is 1. The van der Waals surface area contributed by atoms with Crippen molar-refractivity contribution < 1.29 is 58.8 Å². The molecule has 0 saturated carbocycles.